The lowest BCUT2D eigenvalue weighted by Crippen LogP contribution is -2.30. The number of methoxy groups -OCH3 is 1. The standard InChI is InChI=1S/C27H26N2O3S/c1-17-6-5-7-22(12-17)29-26(30)23(28-27(29)33)15-20-10-11-24(31-4)21(14-20)16-32-25-13-18(2)8-9-19(25)3/h5-15H,16H2,1-4H3,(H,28,33)/b23-15+. The van der Waals surface area contributed by atoms with Crippen molar-refractivity contribution in [3.63, 3.8) is 0 Å². The quantitative estimate of drug-likeness (QED) is 0.393. The number of hydrogen-bond acceptors (Lipinski definition) is 4. The highest BCUT2D eigenvalue weighted by molar-refractivity contribution is 7.80. The first-order valence-corrected chi connectivity index (χ1v) is 11.1. The number of ether oxygens (including phenoxy) is 2. The van der Waals surface area contributed by atoms with E-state index in [1.165, 1.54) is 4.90 Å². The minimum absolute atomic E-state index is 0.186. The zero-order valence-corrected chi connectivity index (χ0v) is 20.0. The molecule has 1 N–H and O–H groups in total. The largest absolute Gasteiger partial charge is 0.496 e. The van der Waals surface area contributed by atoms with Crippen LogP contribution in [0.2, 0.25) is 0 Å². The van der Waals surface area contributed by atoms with E-state index in [-0.39, 0.29) is 5.91 Å². The van der Waals surface area contributed by atoms with Crippen molar-refractivity contribution in [2.24, 2.45) is 0 Å². The van der Waals surface area contributed by atoms with Crippen molar-refractivity contribution in [2.75, 3.05) is 12.0 Å². The number of nitrogens with one attached hydrogen (secondary N) is 1. The molecule has 6 heteroatoms. The van der Waals surface area contributed by atoms with Crippen molar-refractivity contribution in [1.82, 2.24) is 5.32 Å². The Morgan fingerprint density at radius 2 is 1.76 bits per heavy atom. The molecule has 33 heavy (non-hydrogen) atoms. The highest BCUT2D eigenvalue weighted by Gasteiger charge is 2.32. The summed E-state index contributed by atoms with van der Waals surface area (Å²) in [5, 5.41) is 3.41. The van der Waals surface area contributed by atoms with Gasteiger partial charge in [0.05, 0.1) is 12.8 Å². The molecule has 0 atom stereocenters. The van der Waals surface area contributed by atoms with Gasteiger partial charge in [0.25, 0.3) is 5.91 Å². The van der Waals surface area contributed by atoms with Crippen molar-refractivity contribution < 1.29 is 14.3 Å². The first kappa shape index (κ1) is 22.6. The Labute approximate surface area is 199 Å². The van der Waals surface area contributed by atoms with Gasteiger partial charge < -0.3 is 14.8 Å². The van der Waals surface area contributed by atoms with Crippen molar-refractivity contribution in [3.8, 4) is 11.5 Å². The Morgan fingerprint density at radius 3 is 2.52 bits per heavy atom. The van der Waals surface area contributed by atoms with E-state index >= 15 is 0 Å². The molecular formula is C27H26N2O3S. The summed E-state index contributed by atoms with van der Waals surface area (Å²) >= 11 is 5.43. The molecular weight excluding hydrogens is 432 g/mol. The summed E-state index contributed by atoms with van der Waals surface area (Å²) in [6.07, 6.45) is 1.80. The van der Waals surface area contributed by atoms with E-state index in [2.05, 4.69) is 11.4 Å². The smallest absolute Gasteiger partial charge is 0.281 e. The number of anilines is 1. The third kappa shape index (κ3) is 4.91. The van der Waals surface area contributed by atoms with Gasteiger partial charge in [-0.2, -0.15) is 0 Å². The maximum Gasteiger partial charge on any atom is 0.281 e. The summed E-state index contributed by atoms with van der Waals surface area (Å²) in [6, 6.07) is 19.6. The fraction of sp³-hybridized carbons (Fsp3) is 0.185. The molecule has 0 aliphatic carbocycles. The minimum Gasteiger partial charge on any atom is -0.496 e. The van der Waals surface area contributed by atoms with E-state index in [0.717, 1.165) is 45.0 Å². The van der Waals surface area contributed by atoms with E-state index in [0.29, 0.717) is 17.4 Å². The van der Waals surface area contributed by atoms with Gasteiger partial charge in [0, 0.05) is 5.56 Å². The van der Waals surface area contributed by atoms with Gasteiger partial charge in [0.2, 0.25) is 0 Å². The van der Waals surface area contributed by atoms with Crippen LogP contribution in [0.3, 0.4) is 0 Å². The van der Waals surface area contributed by atoms with Gasteiger partial charge in [-0.25, -0.2) is 0 Å². The van der Waals surface area contributed by atoms with Gasteiger partial charge in [-0.3, -0.25) is 9.69 Å². The highest BCUT2D eigenvalue weighted by atomic mass is 32.1. The molecule has 1 aliphatic heterocycles. The van der Waals surface area contributed by atoms with Crippen LogP contribution in [0.4, 0.5) is 5.69 Å². The van der Waals surface area contributed by atoms with Crippen LogP contribution in [0.15, 0.2) is 66.4 Å². The number of thiocarbonyl (C=S) groups is 1. The third-order valence-electron chi connectivity index (χ3n) is 5.48. The topological polar surface area (TPSA) is 50.8 Å². The summed E-state index contributed by atoms with van der Waals surface area (Å²) in [6.45, 7) is 6.39. The van der Waals surface area contributed by atoms with Crippen LogP contribution in [0, 0.1) is 20.8 Å². The van der Waals surface area contributed by atoms with Crippen LogP contribution in [0.1, 0.15) is 27.8 Å². The number of amides is 1. The number of nitrogens with zero attached hydrogens (tertiary/aromatic N) is 1. The Bertz CT molecular complexity index is 1270. The Balaban J connectivity index is 1.59. The summed E-state index contributed by atoms with van der Waals surface area (Å²) in [5.41, 5.74) is 6.18. The van der Waals surface area contributed by atoms with Crippen LogP contribution < -0.4 is 19.7 Å². The summed E-state index contributed by atoms with van der Waals surface area (Å²) < 4.78 is 11.6. The molecule has 1 fully saturated rings. The molecule has 168 valence electrons. The van der Waals surface area contributed by atoms with Crippen molar-refractivity contribution in [2.45, 2.75) is 27.4 Å². The second-order valence-electron chi connectivity index (χ2n) is 8.10. The monoisotopic (exact) mass is 458 g/mol. The average molecular weight is 459 g/mol. The molecule has 1 saturated heterocycles. The van der Waals surface area contributed by atoms with E-state index in [1.54, 1.807) is 13.2 Å². The van der Waals surface area contributed by atoms with E-state index in [4.69, 9.17) is 21.7 Å². The molecule has 3 aromatic rings. The number of hydrogen-bond donors (Lipinski definition) is 1. The van der Waals surface area contributed by atoms with Gasteiger partial charge in [-0.1, -0.05) is 30.3 Å². The molecule has 1 heterocycles. The molecule has 0 bridgehead atoms. The minimum atomic E-state index is -0.186. The van der Waals surface area contributed by atoms with Crippen LogP contribution in [0.25, 0.3) is 6.08 Å². The Kier molecular flexibility index (Phi) is 6.47. The lowest BCUT2D eigenvalue weighted by atomic mass is 10.1. The molecule has 1 amide bonds. The first-order valence-electron chi connectivity index (χ1n) is 10.7. The van der Waals surface area contributed by atoms with Crippen molar-refractivity contribution in [1.29, 1.82) is 0 Å². The van der Waals surface area contributed by atoms with Gasteiger partial charge in [0.15, 0.2) is 5.11 Å². The normalized spacial score (nSPS) is 14.5. The highest BCUT2D eigenvalue weighted by Crippen LogP contribution is 2.27. The summed E-state index contributed by atoms with van der Waals surface area (Å²) in [5.74, 6) is 1.38. The number of aryl methyl sites for hydroxylation is 3. The van der Waals surface area contributed by atoms with Gasteiger partial charge in [-0.05, 0) is 91.7 Å². The molecule has 0 aromatic heterocycles. The molecule has 5 nitrogen and oxygen atoms in total. The maximum atomic E-state index is 13.1. The van der Waals surface area contributed by atoms with Crippen molar-refractivity contribution in [3.05, 3.63) is 94.2 Å². The van der Waals surface area contributed by atoms with Gasteiger partial charge in [-0.15, -0.1) is 0 Å². The number of rotatable bonds is 6. The number of carbonyl (C=O) groups excluding carboxylic acids is 1. The SMILES string of the molecule is COc1ccc(/C=C2/NC(=S)N(c3cccc(C)c3)C2=O)cc1COc1cc(C)ccc1C. The molecule has 0 spiro atoms. The van der Waals surface area contributed by atoms with Gasteiger partial charge >= 0.3 is 0 Å². The second kappa shape index (κ2) is 9.46. The molecule has 0 radical (unpaired) electrons. The predicted octanol–water partition coefficient (Wildman–Crippen LogP) is 5.46. The summed E-state index contributed by atoms with van der Waals surface area (Å²) in [7, 11) is 1.63. The van der Waals surface area contributed by atoms with E-state index < -0.39 is 0 Å². The summed E-state index contributed by atoms with van der Waals surface area (Å²) in [4.78, 5) is 14.6. The lowest BCUT2D eigenvalue weighted by Gasteiger charge is -2.14. The molecule has 1 aliphatic rings. The maximum absolute atomic E-state index is 13.1. The molecule has 4 rings (SSSR count). The van der Waals surface area contributed by atoms with Crippen LogP contribution in [0.5, 0.6) is 11.5 Å². The van der Waals surface area contributed by atoms with E-state index in [9.17, 15) is 4.79 Å². The fourth-order valence-corrected chi connectivity index (χ4v) is 4.02. The van der Waals surface area contributed by atoms with Crippen LogP contribution in [-0.2, 0) is 11.4 Å². The molecule has 0 saturated carbocycles. The predicted molar refractivity (Wildman–Crippen MR) is 136 cm³/mol. The second-order valence-corrected chi connectivity index (χ2v) is 8.48. The molecule has 3 aromatic carbocycles. The average Bonchev–Trinajstić information content (AvgIpc) is 3.07. The Morgan fingerprint density at radius 1 is 0.970 bits per heavy atom. The molecule has 0 unspecified atom stereocenters. The zero-order valence-electron chi connectivity index (χ0n) is 19.1. The van der Waals surface area contributed by atoms with E-state index in [1.807, 2.05) is 75.4 Å². The fourth-order valence-electron chi connectivity index (χ4n) is 3.72. The number of carbonyl (C=O) groups is 1. The first-order chi connectivity index (χ1) is 15.9. The zero-order chi connectivity index (χ0) is 23.5. The number of benzene rings is 3. The van der Waals surface area contributed by atoms with Gasteiger partial charge in [0.1, 0.15) is 23.8 Å². The third-order valence-corrected chi connectivity index (χ3v) is 5.76. The van der Waals surface area contributed by atoms with Crippen molar-refractivity contribution >= 4 is 35.0 Å². The van der Waals surface area contributed by atoms with Crippen LogP contribution >= 0.6 is 12.2 Å². The van der Waals surface area contributed by atoms with Crippen LogP contribution in [-0.4, -0.2) is 18.1 Å². The Hall–Kier alpha value is -3.64. The lowest BCUT2D eigenvalue weighted by molar-refractivity contribution is -0.113.